The molecule has 5 nitrogen and oxygen atoms in total. The fourth-order valence-corrected chi connectivity index (χ4v) is 3.25. The van der Waals surface area contributed by atoms with Crippen molar-refractivity contribution in [2.45, 2.75) is 25.9 Å². The molecule has 1 atom stereocenters. The van der Waals surface area contributed by atoms with Crippen LogP contribution < -0.4 is 5.32 Å². The second-order valence-electron chi connectivity index (χ2n) is 6.35. The summed E-state index contributed by atoms with van der Waals surface area (Å²) in [5.41, 5.74) is 2.08. The molecule has 0 radical (unpaired) electrons. The minimum Gasteiger partial charge on any atom is -0.384 e. The Bertz CT molecular complexity index is 883. The summed E-state index contributed by atoms with van der Waals surface area (Å²) in [6, 6.07) is 15.5. The van der Waals surface area contributed by atoms with Crippen molar-refractivity contribution in [2.24, 2.45) is 0 Å². The summed E-state index contributed by atoms with van der Waals surface area (Å²) in [7, 11) is 0. The molecule has 1 aromatic heterocycles. The van der Waals surface area contributed by atoms with Crippen molar-refractivity contribution in [2.75, 3.05) is 13.1 Å². The molecule has 0 bridgehead atoms. The summed E-state index contributed by atoms with van der Waals surface area (Å²) in [6.07, 6.45) is 1.07. The number of hydrogen-bond donors (Lipinski definition) is 2. The molecule has 1 unspecified atom stereocenters. The van der Waals surface area contributed by atoms with Crippen LogP contribution in [-0.4, -0.2) is 33.0 Å². The predicted octanol–water partition coefficient (Wildman–Crippen LogP) is 4.14. The lowest BCUT2D eigenvalue weighted by Gasteiger charge is -2.14. The van der Waals surface area contributed by atoms with Gasteiger partial charge in [0, 0.05) is 12.2 Å². The number of halogens is 2. The standard InChI is InChI=1S/C20H22Cl2N4O/c1-14-24-25-20(26(14)16-7-3-2-4-8-16)19(27)13-23-11-5-6-15-9-10-17(21)18(22)12-15/h2-4,7-10,12,19,23,27H,5-6,11,13H2,1H3. The van der Waals surface area contributed by atoms with E-state index in [1.54, 1.807) is 0 Å². The van der Waals surface area contributed by atoms with Gasteiger partial charge < -0.3 is 10.4 Å². The largest absolute Gasteiger partial charge is 0.384 e. The monoisotopic (exact) mass is 404 g/mol. The lowest BCUT2D eigenvalue weighted by atomic mass is 10.1. The maximum Gasteiger partial charge on any atom is 0.167 e. The van der Waals surface area contributed by atoms with E-state index in [0.717, 1.165) is 36.5 Å². The zero-order valence-electron chi connectivity index (χ0n) is 15.1. The molecule has 0 saturated heterocycles. The molecule has 0 saturated carbocycles. The average molecular weight is 405 g/mol. The highest BCUT2D eigenvalue weighted by Gasteiger charge is 2.18. The lowest BCUT2D eigenvalue weighted by molar-refractivity contribution is 0.163. The van der Waals surface area contributed by atoms with Crippen LogP contribution >= 0.6 is 23.2 Å². The highest BCUT2D eigenvalue weighted by Crippen LogP contribution is 2.23. The summed E-state index contributed by atoms with van der Waals surface area (Å²) < 4.78 is 1.88. The van der Waals surface area contributed by atoms with Gasteiger partial charge in [-0.2, -0.15) is 0 Å². The SMILES string of the molecule is Cc1nnc(C(O)CNCCCc2ccc(Cl)c(Cl)c2)n1-c1ccccc1. The Balaban J connectivity index is 1.51. The van der Waals surface area contributed by atoms with E-state index in [2.05, 4.69) is 15.5 Å². The van der Waals surface area contributed by atoms with Crippen LogP contribution in [0.5, 0.6) is 0 Å². The Morgan fingerprint density at radius 2 is 1.85 bits per heavy atom. The molecule has 142 valence electrons. The third-order valence-corrected chi connectivity index (χ3v) is 5.04. The van der Waals surface area contributed by atoms with E-state index in [9.17, 15) is 5.11 Å². The van der Waals surface area contributed by atoms with Crippen LogP contribution in [0.2, 0.25) is 10.0 Å². The number of hydrogen-bond acceptors (Lipinski definition) is 4. The first-order valence-electron chi connectivity index (χ1n) is 8.86. The highest BCUT2D eigenvalue weighted by molar-refractivity contribution is 6.42. The molecule has 7 heteroatoms. The molecule has 1 heterocycles. The average Bonchev–Trinajstić information content (AvgIpc) is 3.06. The van der Waals surface area contributed by atoms with E-state index in [1.807, 2.05) is 60.0 Å². The third-order valence-electron chi connectivity index (χ3n) is 4.30. The van der Waals surface area contributed by atoms with Crippen LogP contribution in [0.1, 0.15) is 29.7 Å². The Labute approximate surface area is 169 Å². The van der Waals surface area contributed by atoms with Crippen LogP contribution in [0.4, 0.5) is 0 Å². The van der Waals surface area contributed by atoms with Gasteiger partial charge in [0.2, 0.25) is 0 Å². The Kier molecular flexibility index (Phi) is 6.85. The van der Waals surface area contributed by atoms with Crippen LogP contribution in [0.15, 0.2) is 48.5 Å². The highest BCUT2D eigenvalue weighted by atomic mass is 35.5. The Morgan fingerprint density at radius 1 is 1.07 bits per heavy atom. The summed E-state index contributed by atoms with van der Waals surface area (Å²) >= 11 is 12.0. The quantitative estimate of drug-likeness (QED) is 0.553. The van der Waals surface area contributed by atoms with E-state index < -0.39 is 6.10 Å². The van der Waals surface area contributed by atoms with Crippen LogP contribution in [0.3, 0.4) is 0 Å². The molecule has 3 aromatic rings. The minimum atomic E-state index is -0.739. The van der Waals surface area contributed by atoms with Gasteiger partial charge in [0.25, 0.3) is 0 Å². The normalized spacial score (nSPS) is 12.3. The first-order valence-corrected chi connectivity index (χ1v) is 9.62. The first-order chi connectivity index (χ1) is 13.1. The van der Waals surface area contributed by atoms with Crippen molar-refractivity contribution in [1.29, 1.82) is 0 Å². The molecule has 27 heavy (non-hydrogen) atoms. The summed E-state index contributed by atoms with van der Waals surface area (Å²) in [5, 5.41) is 23.2. The summed E-state index contributed by atoms with van der Waals surface area (Å²) in [6.45, 7) is 3.06. The number of nitrogens with one attached hydrogen (secondary N) is 1. The van der Waals surface area contributed by atoms with Gasteiger partial charge in [-0.25, -0.2) is 0 Å². The molecular formula is C20H22Cl2N4O. The molecule has 0 amide bonds. The van der Waals surface area contributed by atoms with E-state index in [4.69, 9.17) is 23.2 Å². The topological polar surface area (TPSA) is 63.0 Å². The van der Waals surface area contributed by atoms with E-state index in [0.29, 0.717) is 22.4 Å². The molecule has 0 aliphatic heterocycles. The predicted molar refractivity (Wildman–Crippen MR) is 109 cm³/mol. The number of para-hydroxylation sites is 1. The van der Waals surface area contributed by atoms with E-state index >= 15 is 0 Å². The lowest BCUT2D eigenvalue weighted by Crippen LogP contribution is -2.25. The number of aromatic nitrogens is 3. The van der Waals surface area contributed by atoms with Gasteiger partial charge in [0.15, 0.2) is 5.82 Å². The third kappa shape index (κ3) is 5.08. The van der Waals surface area contributed by atoms with Gasteiger partial charge in [-0.05, 0) is 56.1 Å². The Hall–Kier alpha value is -1.92. The number of nitrogens with zero attached hydrogens (tertiary/aromatic N) is 3. The van der Waals surface area contributed by atoms with Gasteiger partial charge in [0.05, 0.1) is 10.0 Å². The van der Waals surface area contributed by atoms with Crippen molar-refractivity contribution >= 4 is 23.2 Å². The van der Waals surface area contributed by atoms with Crippen molar-refractivity contribution in [1.82, 2.24) is 20.1 Å². The van der Waals surface area contributed by atoms with Gasteiger partial charge in [-0.1, -0.05) is 47.5 Å². The molecule has 0 aliphatic rings. The maximum absolute atomic E-state index is 10.5. The maximum atomic E-state index is 10.5. The second-order valence-corrected chi connectivity index (χ2v) is 7.16. The molecule has 2 N–H and O–H groups in total. The molecule has 0 fully saturated rings. The number of aliphatic hydroxyl groups is 1. The van der Waals surface area contributed by atoms with Crippen molar-refractivity contribution in [3.8, 4) is 5.69 Å². The van der Waals surface area contributed by atoms with Crippen molar-refractivity contribution < 1.29 is 5.11 Å². The van der Waals surface area contributed by atoms with Crippen molar-refractivity contribution in [3.05, 3.63) is 75.8 Å². The van der Waals surface area contributed by atoms with Crippen LogP contribution in [0.25, 0.3) is 5.69 Å². The zero-order chi connectivity index (χ0) is 19.2. The Morgan fingerprint density at radius 3 is 2.59 bits per heavy atom. The van der Waals surface area contributed by atoms with Gasteiger partial charge in [0.1, 0.15) is 11.9 Å². The fourth-order valence-electron chi connectivity index (χ4n) is 2.93. The smallest absolute Gasteiger partial charge is 0.167 e. The number of rotatable bonds is 8. The summed E-state index contributed by atoms with van der Waals surface area (Å²) in [4.78, 5) is 0. The van der Waals surface area contributed by atoms with Gasteiger partial charge >= 0.3 is 0 Å². The van der Waals surface area contributed by atoms with Gasteiger partial charge in [-0.3, -0.25) is 4.57 Å². The number of aryl methyl sites for hydroxylation is 2. The second kappa shape index (κ2) is 9.33. The number of aliphatic hydroxyl groups excluding tert-OH is 1. The molecule has 0 aliphatic carbocycles. The molecular weight excluding hydrogens is 383 g/mol. The fraction of sp³-hybridized carbons (Fsp3) is 0.300. The van der Waals surface area contributed by atoms with Gasteiger partial charge in [-0.15, -0.1) is 10.2 Å². The summed E-state index contributed by atoms with van der Waals surface area (Å²) in [5.74, 6) is 1.28. The first kappa shape index (κ1) is 19.8. The molecule has 0 spiro atoms. The molecule has 2 aromatic carbocycles. The minimum absolute atomic E-state index is 0.409. The van der Waals surface area contributed by atoms with E-state index in [-0.39, 0.29) is 0 Å². The van der Waals surface area contributed by atoms with Crippen LogP contribution in [-0.2, 0) is 6.42 Å². The van der Waals surface area contributed by atoms with Crippen LogP contribution in [0, 0.1) is 6.92 Å². The van der Waals surface area contributed by atoms with Crippen molar-refractivity contribution in [3.63, 3.8) is 0 Å². The molecule has 3 rings (SSSR count). The zero-order valence-corrected chi connectivity index (χ0v) is 16.6. The number of benzene rings is 2. The van der Waals surface area contributed by atoms with E-state index in [1.165, 1.54) is 0 Å².